The van der Waals surface area contributed by atoms with E-state index in [1.54, 1.807) is 0 Å². The first-order valence-electron chi connectivity index (χ1n) is 5.71. The van der Waals surface area contributed by atoms with Crippen molar-refractivity contribution in [3.63, 3.8) is 0 Å². The Labute approximate surface area is 85.4 Å². The minimum absolute atomic E-state index is 0.484. The zero-order valence-corrected chi connectivity index (χ0v) is 8.65. The summed E-state index contributed by atoms with van der Waals surface area (Å²) in [5.74, 6) is 0.700. The Kier molecular flexibility index (Phi) is 3.40. The molecule has 0 aliphatic carbocycles. The molecule has 0 aromatic heterocycles. The van der Waals surface area contributed by atoms with Crippen molar-refractivity contribution in [2.45, 2.75) is 38.2 Å². The number of hydrogen-bond donors (Lipinski definition) is 0. The van der Waals surface area contributed by atoms with E-state index in [1.807, 2.05) is 4.90 Å². The van der Waals surface area contributed by atoms with Gasteiger partial charge in [0.05, 0.1) is 6.10 Å². The maximum absolute atomic E-state index is 10.5. The highest BCUT2D eigenvalue weighted by Crippen LogP contribution is 2.27. The number of amides is 1. The van der Waals surface area contributed by atoms with Gasteiger partial charge in [0.2, 0.25) is 6.41 Å². The largest absolute Gasteiger partial charge is 0.378 e. The van der Waals surface area contributed by atoms with Crippen LogP contribution in [0.3, 0.4) is 0 Å². The Morgan fingerprint density at radius 3 is 2.50 bits per heavy atom. The number of piperidine rings is 1. The third-order valence-electron chi connectivity index (χ3n) is 3.46. The standard InChI is InChI=1S/C11H19NO2/c13-9-12-6-4-10(5-7-12)11-3-1-2-8-14-11/h9-11H,1-8H2. The Morgan fingerprint density at radius 1 is 1.14 bits per heavy atom. The molecule has 0 radical (unpaired) electrons. The molecule has 1 atom stereocenters. The lowest BCUT2D eigenvalue weighted by Gasteiger charge is -2.36. The lowest BCUT2D eigenvalue weighted by atomic mass is 9.88. The van der Waals surface area contributed by atoms with Crippen molar-refractivity contribution in [1.29, 1.82) is 0 Å². The van der Waals surface area contributed by atoms with E-state index in [1.165, 1.54) is 19.3 Å². The maximum atomic E-state index is 10.5. The highest BCUT2D eigenvalue weighted by Gasteiger charge is 2.27. The molecular weight excluding hydrogens is 178 g/mol. The highest BCUT2D eigenvalue weighted by molar-refractivity contribution is 5.47. The van der Waals surface area contributed by atoms with Gasteiger partial charge in [-0.2, -0.15) is 0 Å². The fraction of sp³-hybridized carbons (Fsp3) is 0.909. The predicted molar refractivity (Wildman–Crippen MR) is 54.0 cm³/mol. The van der Waals surface area contributed by atoms with Crippen LogP contribution in [0.4, 0.5) is 0 Å². The van der Waals surface area contributed by atoms with Gasteiger partial charge in [-0.25, -0.2) is 0 Å². The van der Waals surface area contributed by atoms with Crippen LogP contribution in [0.2, 0.25) is 0 Å². The minimum atomic E-state index is 0.484. The minimum Gasteiger partial charge on any atom is -0.378 e. The van der Waals surface area contributed by atoms with Crippen LogP contribution in [0.5, 0.6) is 0 Å². The molecule has 0 saturated carbocycles. The zero-order chi connectivity index (χ0) is 9.80. The van der Waals surface area contributed by atoms with Gasteiger partial charge in [0.25, 0.3) is 0 Å². The molecule has 3 heteroatoms. The van der Waals surface area contributed by atoms with Crippen LogP contribution in [0, 0.1) is 5.92 Å². The van der Waals surface area contributed by atoms with Crippen LogP contribution in [-0.4, -0.2) is 37.1 Å². The molecule has 2 aliphatic heterocycles. The van der Waals surface area contributed by atoms with Crippen molar-refractivity contribution in [3.8, 4) is 0 Å². The molecular formula is C11H19NO2. The van der Waals surface area contributed by atoms with Crippen molar-refractivity contribution in [3.05, 3.63) is 0 Å². The summed E-state index contributed by atoms with van der Waals surface area (Å²) in [5, 5.41) is 0. The summed E-state index contributed by atoms with van der Waals surface area (Å²) in [4.78, 5) is 12.4. The summed E-state index contributed by atoms with van der Waals surface area (Å²) in [7, 11) is 0. The van der Waals surface area contributed by atoms with E-state index >= 15 is 0 Å². The lowest BCUT2D eigenvalue weighted by molar-refractivity contribution is -0.120. The van der Waals surface area contributed by atoms with E-state index in [9.17, 15) is 4.79 Å². The molecule has 1 amide bonds. The van der Waals surface area contributed by atoms with Crippen molar-refractivity contribution in [2.24, 2.45) is 5.92 Å². The topological polar surface area (TPSA) is 29.5 Å². The summed E-state index contributed by atoms with van der Waals surface area (Å²) in [6.45, 7) is 2.79. The van der Waals surface area contributed by atoms with Crippen LogP contribution in [0.1, 0.15) is 32.1 Å². The number of nitrogens with zero attached hydrogens (tertiary/aromatic N) is 1. The first kappa shape index (κ1) is 9.97. The van der Waals surface area contributed by atoms with Gasteiger partial charge < -0.3 is 9.64 Å². The van der Waals surface area contributed by atoms with E-state index < -0.39 is 0 Å². The second-order valence-corrected chi connectivity index (χ2v) is 4.38. The van der Waals surface area contributed by atoms with Crippen LogP contribution in [-0.2, 0) is 9.53 Å². The maximum Gasteiger partial charge on any atom is 0.209 e. The molecule has 80 valence electrons. The molecule has 2 heterocycles. The third kappa shape index (κ3) is 2.27. The van der Waals surface area contributed by atoms with E-state index in [2.05, 4.69) is 0 Å². The molecule has 3 nitrogen and oxygen atoms in total. The second-order valence-electron chi connectivity index (χ2n) is 4.38. The molecule has 2 fully saturated rings. The fourth-order valence-electron chi connectivity index (χ4n) is 2.53. The Bertz CT molecular complexity index is 182. The summed E-state index contributed by atoms with van der Waals surface area (Å²) in [5.41, 5.74) is 0. The van der Waals surface area contributed by atoms with Crippen molar-refractivity contribution < 1.29 is 9.53 Å². The quantitative estimate of drug-likeness (QED) is 0.627. The molecule has 0 aromatic rings. The smallest absolute Gasteiger partial charge is 0.209 e. The van der Waals surface area contributed by atoms with E-state index in [0.717, 1.165) is 38.9 Å². The number of likely N-dealkylation sites (tertiary alicyclic amines) is 1. The normalized spacial score (nSPS) is 30.3. The molecule has 2 rings (SSSR count). The Balaban J connectivity index is 1.78. The molecule has 0 N–H and O–H groups in total. The number of carbonyl (C=O) groups excluding carboxylic acids is 1. The molecule has 0 bridgehead atoms. The Hall–Kier alpha value is -0.570. The summed E-state index contributed by atoms with van der Waals surface area (Å²) in [6, 6.07) is 0. The van der Waals surface area contributed by atoms with Gasteiger partial charge in [0, 0.05) is 19.7 Å². The average molecular weight is 197 g/mol. The molecule has 2 saturated heterocycles. The molecule has 14 heavy (non-hydrogen) atoms. The highest BCUT2D eigenvalue weighted by atomic mass is 16.5. The van der Waals surface area contributed by atoms with Gasteiger partial charge in [-0.05, 0) is 38.0 Å². The summed E-state index contributed by atoms with van der Waals surface area (Å²) < 4.78 is 5.78. The average Bonchev–Trinajstić information content (AvgIpc) is 2.30. The van der Waals surface area contributed by atoms with Crippen LogP contribution in [0.25, 0.3) is 0 Å². The summed E-state index contributed by atoms with van der Waals surface area (Å²) >= 11 is 0. The van der Waals surface area contributed by atoms with Crippen LogP contribution < -0.4 is 0 Å². The van der Waals surface area contributed by atoms with Gasteiger partial charge in [0.1, 0.15) is 0 Å². The first-order valence-corrected chi connectivity index (χ1v) is 5.71. The predicted octanol–water partition coefficient (Wildman–Crippen LogP) is 1.42. The molecule has 0 aromatic carbocycles. The SMILES string of the molecule is O=CN1CCC(C2CCCCO2)CC1. The van der Waals surface area contributed by atoms with E-state index in [0.29, 0.717) is 12.0 Å². The van der Waals surface area contributed by atoms with Gasteiger partial charge >= 0.3 is 0 Å². The second kappa shape index (κ2) is 4.78. The Morgan fingerprint density at radius 2 is 1.93 bits per heavy atom. The van der Waals surface area contributed by atoms with Crippen molar-refractivity contribution in [1.82, 2.24) is 4.90 Å². The van der Waals surface area contributed by atoms with Crippen molar-refractivity contribution in [2.75, 3.05) is 19.7 Å². The molecule has 1 unspecified atom stereocenters. The van der Waals surface area contributed by atoms with Crippen LogP contribution in [0.15, 0.2) is 0 Å². The number of hydrogen-bond acceptors (Lipinski definition) is 2. The number of ether oxygens (including phenoxy) is 1. The van der Waals surface area contributed by atoms with Crippen LogP contribution >= 0.6 is 0 Å². The van der Waals surface area contributed by atoms with Gasteiger partial charge in [-0.15, -0.1) is 0 Å². The summed E-state index contributed by atoms with van der Waals surface area (Å²) in [6.07, 6.45) is 7.48. The fourth-order valence-corrected chi connectivity index (χ4v) is 2.53. The van der Waals surface area contributed by atoms with Gasteiger partial charge in [0.15, 0.2) is 0 Å². The zero-order valence-electron chi connectivity index (χ0n) is 8.65. The first-order chi connectivity index (χ1) is 6.90. The third-order valence-corrected chi connectivity index (χ3v) is 3.46. The molecule has 0 spiro atoms. The lowest BCUT2D eigenvalue weighted by Crippen LogP contribution is -2.38. The van der Waals surface area contributed by atoms with E-state index in [-0.39, 0.29) is 0 Å². The number of carbonyl (C=O) groups is 1. The van der Waals surface area contributed by atoms with E-state index in [4.69, 9.17) is 4.74 Å². The van der Waals surface area contributed by atoms with Gasteiger partial charge in [-0.3, -0.25) is 4.79 Å². The monoisotopic (exact) mass is 197 g/mol. The van der Waals surface area contributed by atoms with Crippen molar-refractivity contribution >= 4 is 6.41 Å². The van der Waals surface area contributed by atoms with Gasteiger partial charge in [-0.1, -0.05) is 0 Å². The number of rotatable bonds is 2. The molecule has 2 aliphatic rings.